The summed E-state index contributed by atoms with van der Waals surface area (Å²) in [7, 11) is 0. The monoisotopic (exact) mass is 384 g/mol. The Morgan fingerprint density at radius 3 is 2.69 bits per heavy atom. The van der Waals surface area contributed by atoms with Crippen LogP contribution in [0.5, 0.6) is 0 Å². The molecule has 1 atom stereocenters. The molecule has 0 saturated carbocycles. The molecule has 0 spiro atoms. The number of fused-ring (bicyclic) bond motifs is 2. The summed E-state index contributed by atoms with van der Waals surface area (Å²) in [6.07, 6.45) is 3.77. The number of benzene rings is 1. The van der Waals surface area contributed by atoms with E-state index in [0.717, 1.165) is 52.1 Å². The lowest BCUT2D eigenvalue weighted by Crippen LogP contribution is -2.13. The van der Waals surface area contributed by atoms with Gasteiger partial charge in [0.25, 0.3) is 0 Å². The minimum atomic E-state index is 0.161. The van der Waals surface area contributed by atoms with E-state index in [0.29, 0.717) is 6.61 Å². The molecule has 0 saturated heterocycles. The van der Waals surface area contributed by atoms with Gasteiger partial charge in [-0.2, -0.15) is 5.10 Å². The van der Waals surface area contributed by atoms with Crippen molar-refractivity contribution in [3.05, 3.63) is 71.3 Å². The quantitative estimate of drug-likeness (QED) is 0.507. The number of ether oxygens (including phenoxy) is 1. The summed E-state index contributed by atoms with van der Waals surface area (Å²) in [6.45, 7) is 6.91. The normalized spacial score (nSPS) is 16.6. The van der Waals surface area contributed by atoms with Crippen LogP contribution in [0.3, 0.4) is 0 Å². The first-order valence-corrected chi connectivity index (χ1v) is 10.1. The van der Waals surface area contributed by atoms with E-state index in [2.05, 4.69) is 45.8 Å². The van der Waals surface area contributed by atoms with E-state index in [-0.39, 0.29) is 6.10 Å². The SMILES string of the molecule is Cc1cc(-c2nn(-c3cnc4ccccc4c3)c3c2CCO[C@H](C)C3)cc(C)n1. The van der Waals surface area contributed by atoms with E-state index in [9.17, 15) is 0 Å². The van der Waals surface area contributed by atoms with E-state index in [1.807, 2.05) is 38.2 Å². The Bertz CT molecular complexity index is 1190. The molecule has 5 heteroatoms. The highest BCUT2D eigenvalue weighted by atomic mass is 16.5. The first kappa shape index (κ1) is 18.0. The van der Waals surface area contributed by atoms with Gasteiger partial charge in [0.15, 0.2) is 0 Å². The smallest absolute Gasteiger partial charge is 0.0964 e. The van der Waals surface area contributed by atoms with Gasteiger partial charge in [0, 0.05) is 34.3 Å². The predicted octanol–water partition coefficient (Wildman–Crippen LogP) is 4.60. The van der Waals surface area contributed by atoms with Crippen molar-refractivity contribution >= 4 is 10.9 Å². The molecule has 0 unspecified atom stereocenters. The number of hydrogen-bond donors (Lipinski definition) is 0. The van der Waals surface area contributed by atoms with E-state index >= 15 is 0 Å². The Balaban J connectivity index is 1.73. The van der Waals surface area contributed by atoms with Gasteiger partial charge in [-0.25, -0.2) is 4.68 Å². The molecule has 3 aromatic heterocycles. The summed E-state index contributed by atoms with van der Waals surface area (Å²) in [5.74, 6) is 0. The van der Waals surface area contributed by atoms with Gasteiger partial charge in [-0.3, -0.25) is 9.97 Å². The minimum Gasteiger partial charge on any atom is -0.378 e. The van der Waals surface area contributed by atoms with Crippen LogP contribution >= 0.6 is 0 Å². The zero-order valence-electron chi connectivity index (χ0n) is 17.0. The van der Waals surface area contributed by atoms with E-state index in [1.165, 1.54) is 11.3 Å². The van der Waals surface area contributed by atoms with Gasteiger partial charge in [-0.1, -0.05) is 18.2 Å². The average Bonchev–Trinajstić information content (AvgIpc) is 2.93. The van der Waals surface area contributed by atoms with Crippen molar-refractivity contribution in [3.8, 4) is 16.9 Å². The zero-order chi connectivity index (χ0) is 20.0. The van der Waals surface area contributed by atoms with Crippen LogP contribution in [0.25, 0.3) is 27.8 Å². The summed E-state index contributed by atoms with van der Waals surface area (Å²) in [5, 5.41) is 6.21. The topological polar surface area (TPSA) is 52.8 Å². The summed E-state index contributed by atoms with van der Waals surface area (Å²) in [4.78, 5) is 9.19. The second kappa shape index (κ2) is 7.08. The molecule has 29 heavy (non-hydrogen) atoms. The number of rotatable bonds is 2. The van der Waals surface area contributed by atoms with E-state index in [4.69, 9.17) is 9.84 Å². The van der Waals surface area contributed by atoms with Crippen molar-refractivity contribution in [1.29, 1.82) is 0 Å². The van der Waals surface area contributed by atoms with Crippen LogP contribution < -0.4 is 0 Å². The summed E-state index contributed by atoms with van der Waals surface area (Å²) >= 11 is 0. The molecule has 0 radical (unpaired) electrons. The number of nitrogens with zero attached hydrogens (tertiary/aromatic N) is 4. The van der Waals surface area contributed by atoms with Crippen LogP contribution in [0.1, 0.15) is 29.6 Å². The summed E-state index contributed by atoms with van der Waals surface area (Å²) in [5.41, 5.74) is 8.63. The third-order valence-electron chi connectivity index (χ3n) is 5.50. The molecule has 146 valence electrons. The van der Waals surface area contributed by atoms with Gasteiger partial charge < -0.3 is 4.74 Å². The first-order chi connectivity index (χ1) is 14.1. The summed E-state index contributed by atoms with van der Waals surface area (Å²) in [6, 6.07) is 14.6. The highest BCUT2D eigenvalue weighted by molar-refractivity contribution is 5.80. The molecular weight excluding hydrogens is 360 g/mol. The van der Waals surface area contributed by atoms with Crippen LogP contribution in [0.2, 0.25) is 0 Å². The van der Waals surface area contributed by atoms with Gasteiger partial charge in [-0.05, 0) is 51.5 Å². The maximum atomic E-state index is 5.97. The van der Waals surface area contributed by atoms with Crippen molar-refractivity contribution in [2.24, 2.45) is 0 Å². The average molecular weight is 384 g/mol. The Labute approximate surface area is 170 Å². The lowest BCUT2D eigenvalue weighted by atomic mass is 10.0. The third-order valence-corrected chi connectivity index (χ3v) is 5.50. The third kappa shape index (κ3) is 3.32. The molecule has 4 aromatic rings. The fourth-order valence-electron chi connectivity index (χ4n) is 4.24. The lowest BCUT2D eigenvalue weighted by molar-refractivity contribution is 0.0735. The first-order valence-electron chi connectivity index (χ1n) is 10.1. The Kier molecular flexibility index (Phi) is 4.40. The van der Waals surface area contributed by atoms with E-state index < -0.39 is 0 Å². The molecular formula is C24H24N4O. The van der Waals surface area contributed by atoms with Gasteiger partial charge in [0.2, 0.25) is 0 Å². The highest BCUT2D eigenvalue weighted by Gasteiger charge is 2.25. The standard InChI is InChI=1S/C24H24N4O/c1-15-10-19(11-16(2)26-15)24-21-8-9-29-17(3)12-23(21)28(27-24)20-13-18-6-4-5-7-22(18)25-14-20/h4-7,10-11,13-14,17H,8-9,12H2,1-3H3/t17-/m1/s1. The molecule has 1 aliphatic heterocycles. The van der Waals surface area contributed by atoms with E-state index in [1.54, 1.807) is 0 Å². The fraction of sp³-hybridized carbons (Fsp3) is 0.292. The molecule has 0 bridgehead atoms. The van der Waals surface area contributed by atoms with Crippen molar-refractivity contribution < 1.29 is 4.74 Å². The maximum absolute atomic E-state index is 5.97. The van der Waals surface area contributed by atoms with Crippen molar-refractivity contribution in [1.82, 2.24) is 19.7 Å². The number of pyridine rings is 2. The van der Waals surface area contributed by atoms with Crippen LogP contribution in [0, 0.1) is 13.8 Å². The molecule has 0 amide bonds. The van der Waals surface area contributed by atoms with Crippen LogP contribution in [0.4, 0.5) is 0 Å². The van der Waals surface area contributed by atoms with Gasteiger partial charge >= 0.3 is 0 Å². The molecule has 1 aliphatic rings. The molecule has 0 fully saturated rings. The number of para-hydroxylation sites is 1. The summed E-state index contributed by atoms with van der Waals surface area (Å²) < 4.78 is 8.04. The van der Waals surface area contributed by atoms with Crippen LogP contribution in [0.15, 0.2) is 48.7 Å². The number of aromatic nitrogens is 4. The second-order valence-electron chi connectivity index (χ2n) is 7.85. The molecule has 5 nitrogen and oxygen atoms in total. The number of aryl methyl sites for hydroxylation is 2. The van der Waals surface area contributed by atoms with Gasteiger partial charge in [0.1, 0.15) is 0 Å². The zero-order valence-corrected chi connectivity index (χ0v) is 17.0. The molecule has 1 aromatic carbocycles. The predicted molar refractivity (Wildman–Crippen MR) is 114 cm³/mol. The van der Waals surface area contributed by atoms with Crippen LogP contribution in [-0.4, -0.2) is 32.5 Å². The van der Waals surface area contributed by atoms with Gasteiger partial charge in [-0.15, -0.1) is 0 Å². The van der Waals surface area contributed by atoms with Crippen molar-refractivity contribution in [2.45, 2.75) is 39.7 Å². The fourth-order valence-corrected chi connectivity index (χ4v) is 4.24. The lowest BCUT2D eigenvalue weighted by Gasteiger charge is -2.11. The van der Waals surface area contributed by atoms with Gasteiger partial charge in [0.05, 0.1) is 41.5 Å². The molecule has 4 heterocycles. The molecule has 0 aliphatic carbocycles. The number of hydrogen-bond acceptors (Lipinski definition) is 4. The highest BCUT2D eigenvalue weighted by Crippen LogP contribution is 2.32. The molecule has 5 rings (SSSR count). The Morgan fingerprint density at radius 2 is 1.86 bits per heavy atom. The van der Waals surface area contributed by atoms with Crippen molar-refractivity contribution in [2.75, 3.05) is 6.61 Å². The largest absolute Gasteiger partial charge is 0.378 e. The van der Waals surface area contributed by atoms with Crippen LogP contribution in [-0.2, 0) is 17.6 Å². The Morgan fingerprint density at radius 1 is 1.07 bits per heavy atom. The second-order valence-corrected chi connectivity index (χ2v) is 7.85. The Hall–Kier alpha value is -3.05. The molecule has 0 N–H and O–H groups in total. The van der Waals surface area contributed by atoms with Crippen molar-refractivity contribution in [3.63, 3.8) is 0 Å². The minimum absolute atomic E-state index is 0.161. The maximum Gasteiger partial charge on any atom is 0.0964 e.